The summed E-state index contributed by atoms with van der Waals surface area (Å²) in [7, 11) is -0.606. The number of hydrogen-bond donors (Lipinski definition) is 2. The number of benzene rings is 2. The van der Waals surface area contributed by atoms with E-state index in [0.717, 1.165) is 9.87 Å². The van der Waals surface area contributed by atoms with Crippen molar-refractivity contribution in [3.63, 3.8) is 0 Å². The van der Waals surface area contributed by atoms with Gasteiger partial charge in [-0.1, -0.05) is 50.2 Å². The SMILES string of the molecule is CC(C)[C@@H](N[C@H](C)C(=O)Nc1cccc(S(=O)(=O)N(C)C)c1)c1ccccc1. The quantitative estimate of drug-likeness (QED) is 0.709. The molecule has 2 N–H and O–H groups in total. The van der Waals surface area contributed by atoms with Crippen LogP contribution in [0, 0.1) is 5.92 Å². The first-order valence-electron chi connectivity index (χ1n) is 9.27. The molecule has 6 nitrogen and oxygen atoms in total. The molecule has 0 radical (unpaired) electrons. The van der Waals surface area contributed by atoms with Gasteiger partial charge < -0.3 is 5.32 Å². The highest BCUT2D eigenvalue weighted by molar-refractivity contribution is 7.89. The average Bonchev–Trinajstić information content (AvgIpc) is 2.66. The van der Waals surface area contributed by atoms with Gasteiger partial charge in [0.2, 0.25) is 15.9 Å². The second-order valence-corrected chi connectivity index (χ2v) is 9.48. The molecular formula is C21H29N3O3S. The summed E-state index contributed by atoms with van der Waals surface area (Å²) >= 11 is 0. The van der Waals surface area contributed by atoms with Crippen LogP contribution in [0.4, 0.5) is 5.69 Å². The minimum atomic E-state index is -3.56. The van der Waals surface area contributed by atoms with Gasteiger partial charge in [-0.3, -0.25) is 10.1 Å². The summed E-state index contributed by atoms with van der Waals surface area (Å²) in [4.78, 5) is 12.8. The summed E-state index contributed by atoms with van der Waals surface area (Å²) in [6.45, 7) is 6.00. The van der Waals surface area contributed by atoms with Crippen molar-refractivity contribution in [2.45, 2.75) is 37.8 Å². The van der Waals surface area contributed by atoms with Crippen molar-refractivity contribution in [3.8, 4) is 0 Å². The van der Waals surface area contributed by atoms with Crippen LogP contribution in [-0.2, 0) is 14.8 Å². The summed E-state index contributed by atoms with van der Waals surface area (Å²) in [6.07, 6.45) is 0. The van der Waals surface area contributed by atoms with Gasteiger partial charge in [-0.15, -0.1) is 0 Å². The van der Waals surface area contributed by atoms with Gasteiger partial charge in [-0.25, -0.2) is 12.7 Å². The number of amides is 1. The lowest BCUT2D eigenvalue weighted by Crippen LogP contribution is -2.41. The van der Waals surface area contributed by atoms with Gasteiger partial charge in [0, 0.05) is 25.8 Å². The normalized spacial score (nSPS) is 14.1. The number of carbonyl (C=O) groups is 1. The third-order valence-corrected chi connectivity index (χ3v) is 6.34. The first-order chi connectivity index (χ1) is 13.1. The Balaban J connectivity index is 2.12. The zero-order valence-corrected chi connectivity index (χ0v) is 17.8. The summed E-state index contributed by atoms with van der Waals surface area (Å²) in [5.74, 6) is 0.0761. The van der Waals surface area contributed by atoms with Gasteiger partial charge in [0.1, 0.15) is 0 Å². The van der Waals surface area contributed by atoms with Gasteiger partial charge in [0.15, 0.2) is 0 Å². The van der Waals surface area contributed by atoms with Crippen molar-refractivity contribution in [2.24, 2.45) is 5.92 Å². The topological polar surface area (TPSA) is 78.5 Å². The Bertz CT molecular complexity index is 896. The predicted molar refractivity (Wildman–Crippen MR) is 113 cm³/mol. The number of anilines is 1. The fraction of sp³-hybridized carbons (Fsp3) is 0.381. The lowest BCUT2D eigenvalue weighted by molar-refractivity contribution is -0.118. The molecule has 7 heteroatoms. The zero-order chi connectivity index (χ0) is 20.9. The fourth-order valence-electron chi connectivity index (χ4n) is 2.87. The van der Waals surface area contributed by atoms with Crippen LogP contribution in [0.3, 0.4) is 0 Å². The summed E-state index contributed by atoms with van der Waals surface area (Å²) in [6, 6.07) is 15.8. The van der Waals surface area contributed by atoms with Crippen molar-refractivity contribution in [3.05, 3.63) is 60.2 Å². The zero-order valence-electron chi connectivity index (χ0n) is 17.0. The van der Waals surface area contributed by atoms with Crippen LogP contribution in [0.1, 0.15) is 32.4 Å². The first kappa shape index (κ1) is 22.1. The number of rotatable bonds is 8. The smallest absolute Gasteiger partial charge is 0.242 e. The van der Waals surface area contributed by atoms with E-state index in [1.54, 1.807) is 19.1 Å². The Hall–Kier alpha value is -2.22. The van der Waals surface area contributed by atoms with Gasteiger partial charge in [0.25, 0.3) is 0 Å². The van der Waals surface area contributed by atoms with E-state index in [4.69, 9.17) is 0 Å². The second-order valence-electron chi connectivity index (χ2n) is 7.33. The maximum Gasteiger partial charge on any atom is 0.242 e. The molecule has 0 aliphatic carbocycles. The van der Waals surface area contributed by atoms with Crippen LogP contribution in [0.15, 0.2) is 59.5 Å². The molecule has 2 aromatic rings. The van der Waals surface area contributed by atoms with Crippen molar-refractivity contribution < 1.29 is 13.2 Å². The maximum absolute atomic E-state index is 12.7. The van der Waals surface area contributed by atoms with Gasteiger partial charge in [-0.2, -0.15) is 0 Å². The molecule has 0 spiro atoms. The van der Waals surface area contributed by atoms with E-state index in [0.29, 0.717) is 11.6 Å². The van der Waals surface area contributed by atoms with Crippen molar-refractivity contribution in [2.75, 3.05) is 19.4 Å². The third kappa shape index (κ3) is 5.41. The number of hydrogen-bond acceptors (Lipinski definition) is 4. The maximum atomic E-state index is 12.7. The van der Waals surface area contributed by atoms with Crippen LogP contribution in [0.25, 0.3) is 0 Å². The fourth-order valence-corrected chi connectivity index (χ4v) is 3.82. The standard InChI is InChI=1S/C21H29N3O3S/c1-15(2)20(17-10-7-6-8-11-17)22-16(3)21(25)23-18-12-9-13-19(14-18)28(26,27)24(4)5/h6-16,20,22H,1-5H3,(H,23,25)/t16-,20-/m1/s1. The first-order valence-corrected chi connectivity index (χ1v) is 10.7. The Morgan fingerprint density at radius 1 is 0.964 bits per heavy atom. The van der Waals surface area contributed by atoms with E-state index in [1.807, 2.05) is 30.3 Å². The van der Waals surface area contributed by atoms with E-state index in [9.17, 15) is 13.2 Å². The molecule has 0 heterocycles. The van der Waals surface area contributed by atoms with E-state index in [2.05, 4.69) is 24.5 Å². The van der Waals surface area contributed by atoms with Crippen molar-refractivity contribution >= 4 is 21.6 Å². The number of carbonyl (C=O) groups excluding carboxylic acids is 1. The average molecular weight is 404 g/mol. The molecule has 0 bridgehead atoms. The predicted octanol–water partition coefficient (Wildman–Crippen LogP) is 3.25. The van der Waals surface area contributed by atoms with Crippen molar-refractivity contribution in [1.29, 1.82) is 0 Å². The Morgan fingerprint density at radius 3 is 2.18 bits per heavy atom. The van der Waals surface area contributed by atoms with E-state index < -0.39 is 16.1 Å². The molecule has 0 unspecified atom stereocenters. The third-order valence-electron chi connectivity index (χ3n) is 4.53. The Kier molecular flexibility index (Phi) is 7.35. The van der Waals surface area contributed by atoms with Gasteiger partial charge >= 0.3 is 0 Å². The number of nitrogens with one attached hydrogen (secondary N) is 2. The van der Waals surface area contributed by atoms with E-state index in [-0.39, 0.29) is 16.8 Å². The molecule has 152 valence electrons. The number of sulfonamides is 1. The molecule has 28 heavy (non-hydrogen) atoms. The Labute approximate surface area is 168 Å². The summed E-state index contributed by atoms with van der Waals surface area (Å²) in [5, 5.41) is 6.18. The van der Waals surface area contributed by atoms with Crippen LogP contribution >= 0.6 is 0 Å². The van der Waals surface area contributed by atoms with E-state index >= 15 is 0 Å². The molecule has 0 fully saturated rings. The summed E-state index contributed by atoms with van der Waals surface area (Å²) in [5.41, 5.74) is 1.57. The molecule has 0 aliphatic heterocycles. The second kappa shape index (κ2) is 9.32. The van der Waals surface area contributed by atoms with Gasteiger partial charge in [-0.05, 0) is 36.6 Å². The monoisotopic (exact) mass is 403 g/mol. The van der Waals surface area contributed by atoms with Crippen LogP contribution in [-0.4, -0.2) is 38.8 Å². The largest absolute Gasteiger partial charge is 0.325 e. The Morgan fingerprint density at radius 2 is 1.61 bits per heavy atom. The molecule has 1 amide bonds. The highest BCUT2D eigenvalue weighted by Gasteiger charge is 2.22. The molecule has 0 aliphatic rings. The van der Waals surface area contributed by atoms with Gasteiger partial charge in [0.05, 0.1) is 10.9 Å². The molecule has 2 aromatic carbocycles. The molecule has 0 saturated heterocycles. The minimum Gasteiger partial charge on any atom is -0.325 e. The molecule has 2 rings (SSSR count). The lowest BCUT2D eigenvalue weighted by atomic mass is 9.95. The minimum absolute atomic E-state index is 0.0300. The molecule has 0 aromatic heterocycles. The lowest BCUT2D eigenvalue weighted by Gasteiger charge is -2.26. The van der Waals surface area contributed by atoms with Crippen LogP contribution in [0.5, 0.6) is 0 Å². The molecule has 2 atom stereocenters. The van der Waals surface area contributed by atoms with Crippen LogP contribution < -0.4 is 10.6 Å². The highest BCUT2D eigenvalue weighted by atomic mass is 32.2. The highest BCUT2D eigenvalue weighted by Crippen LogP contribution is 2.22. The number of nitrogens with zero attached hydrogens (tertiary/aromatic N) is 1. The van der Waals surface area contributed by atoms with E-state index in [1.165, 1.54) is 26.2 Å². The summed E-state index contributed by atoms with van der Waals surface area (Å²) < 4.78 is 25.7. The molecular weight excluding hydrogens is 374 g/mol. The molecule has 0 saturated carbocycles. The van der Waals surface area contributed by atoms with Crippen molar-refractivity contribution in [1.82, 2.24) is 9.62 Å². The van der Waals surface area contributed by atoms with Crippen LogP contribution in [0.2, 0.25) is 0 Å².